The summed E-state index contributed by atoms with van der Waals surface area (Å²) in [5.41, 5.74) is 1.49. The summed E-state index contributed by atoms with van der Waals surface area (Å²) >= 11 is 0. The molecule has 0 bridgehead atoms. The Morgan fingerprint density at radius 3 is 2.51 bits per heavy atom. The number of aromatic nitrogens is 1. The fourth-order valence-electron chi connectivity index (χ4n) is 5.67. The van der Waals surface area contributed by atoms with Gasteiger partial charge in [-0.25, -0.2) is 22.8 Å². The van der Waals surface area contributed by atoms with Gasteiger partial charge in [0.25, 0.3) is 5.91 Å². The Bertz CT molecular complexity index is 1540. The molecule has 2 amide bonds. The van der Waals surface area contributed by atoms with E-state index in [1.165, 1.54) is 12.3 Å². The van der Waals surface area contributed by atoms with Gasteiger partial charge in [0.15, 0.2) is 0 Å². The number of benzene rings is 1. The van der Waals surface area contributed by atoms with Crippen molar-refractivity contribution >= 4 is 38.9 Å². The van der Waals surface area contributed by atoms with E-state index >= 15 is 0 Å². The number of carbonyl (C=O) groups excluding carboxylic acids is 2. The van der Waals surface area contributed by atoms with Crippen LogP contribution in [0.2, 0.25) is 0 Å². The van der Waals surface area contributed by atoms with Gasteiger partial charge in [-0.15, -0.1) is 4.36 Å². The Kier molecular flexibility index (Phi) is 8.18. The number of nitrogens with one attached hydrogen (secondary N) is 1. The van der Waals surface area contributed by atoms with E-state index < -0.39 is 33.3 Å². The summed E-state index contributed by atoms with van der Waals surface area (Å²) in [6.45, 7) is 10.3. The zero-order chi connectivity index (χ0) is 31.2. The minimum Gasteiger partial charge on any atom is -0.442 e. The molecule has 3 fully saturated rings. The Hall–Kier alpha value is -3.32. The third-order valence-corrected chi connectivity index (χ3v) is 9.54. The molecule has 2 aromatic rings. The number of carbonyl (C=O) groups is 2. The zero-order valence-electron chi connectivity index (χ0n) is 25.2. The van der Waals surface area contributed by atoms with Crippen LogP contribution in [0, 0.1) is 12.3 Å². The number of hydrogen-bond donors (Lipinski definition) is 1. The van der Waals surface area contributed by atoms with E-state index in [2.05, 4.69) is 19.6 Å². The molecule has 5 rings (SSSR count). The fraction of sp³-hybridized carbons (Fsp3) is 0.567. The molecule has 1 spiro atoms. The van der Waals surface area contributed by atoms with Gasteiger partial charge in [-0.1, -0.05) is 6.07 Å². The van der Waals surface area contributed by atoms with Crippen LogP contribution >= 0.6 is 0 Å². The molecule has 1 aromatic heterocycles. The summed E-state index contributed by atoms with van der Waals surface area (Å²) in [5.74, 6) is -2.88. The first-order chi connectivity index (χ1) is 20.1. The molecule has 0 radical (unpaired) electrons. The SMILES string of the molecule is Cc1c(N2CC3(COC3)C2)cnc(N2CCCC(F)(F)CC2)c1C(=O)Nc1cccc([S@](C)(=O)=NC(=O)OC(C)(C)C)c1. The van der Waals surface area contributed by atoms with Crippen LogP contribution < -0.4 is 15.1 Å². The van der Waals surface area contributed by atoms with E-state index in [-0.39, 0.29) is 36.1 Å². The van der Waals surface area contributed by atoms with Crippen LogP contribution in [0.25, 0.3) is 0 Å². The summed E-state index contributed by atoms with van der Waals surface area (Å²) in [4.78, 5) is 35.0. The molecule has 3 saturated heterocycles. The van der Waals surface area contributed by atoms with Gasteiger partial charge in [-0.2, -0.15) is 0 Å². The van der Waals surface area contributed by atoms with E-state index in [9.17, 15) is 22.6 Å². The van der Waals surface area contributed by atoms with E-state index in [0.717, 1.165) is 18.8 Å². The number of alkyl halides is 2. The summed E-state index contributed by atoms with van der Waals surface area (Å²) in [6, 6.07) is 6.31. The van der Waals surface area contributed by atoms with Crippen LogP contribution in [0.4, 0.5) is 30.8 Å². The van der Waals surface area contributed by atoms with Crippen molar-refractivity contribution in [2.45, 2.75) is 63.4 Å². The third-order valence-electron chi connectivity index (χ3n) is 7.92. The number of halogens is 2. The monoisotopic (exact) mass is 619 g/mol. The van der Waals surface area contributed by atoms with E-state index in [0.29, 0.717) is 42.4 Å². The normalized spacial score (nSPS) is 20.7. The van der Waals surface area contributed by atoms with Crippen LogP contribution in [0.1, 0.15) is 56.0 Å². The van der Waals surface area contributed by atoms with Crippen LogP contribution in [0.3, 0.4) is 0 Å². The zero-order valence-corrected chi connectivity index (χ0v) is 26.1. The lowest BCUT2D eigenvalue weighted by atomic mass is 9.77. The van der Waals surface area contributed by atoms with Crippen LogP contribution in [-0.4, -0.2) is 78.4 Å². The topological polar surface area (TPSA) is 113 Å². The van der Waals surface area contributed by atoms with Gasteiger partial charge >= 0.3 is 6.09 Å². The minimum atomic E-state index is -3.18. The molecular weight excluding hydrogens is 580 g/mol. The molecule has 1 atom stereocenters. The van der Waals surface area contributed by atoms with Crippen molar-refractivity contribution in [1.29, 1.82) is 0 Å². The number of ether oxygens (including phenoxy) is 2. The molecule has 3 aliphatic heterocycles. The maximum atomic E-state index is 14.2. The average molecular weight is 620 g/mol. The Balaban J connectivity index is 1.45. The van der Waals surface area contributed by atoms with Crippen molar-refractivity contribution in [2.75, 3.05) is 60.8 Å². The van der Waals surface area contributed by atoms with Crippen molar-refractivity contribution in [1.82, 2.24) is 4.98 Å². The van der Waals surface area contributed by atoms with Crippen LogP contribution in [0.5, 0.6) is 0 Å². The van der Waals surface area contributed by atoms with Gasteiger partial charge in [0.05, 0.1) is 45.8 Å². The Morgan fingerprint density at radius 1 is 1.14 bits per heavy atom. The molecule has 13 heteroatoms. The second-order valence-corrected chi connectivity index (χ2v) is 15.1. The molecule has 1 N–H and O–H groups in total. The second-order valence-electron chi connectivity index (χ2n) is 12.9. The molecule has 0 aliphatic carbocycles. The average Bonchev–Trinajstić information content (AvgIpc) is 3.01. The van der Waals surface area contributed by atoms with Gasteiger partial charge in [0.1, 0.15) is 11.4 Å². The first kappa shape index (κ1) is 31.1. The van der Waals surface area contributed by atoms with Crippen LogP contribution in [-0.2, 0) is 19.2 Å². The van der Waals surface area contributed by atoms with Crippen molar-refractivity contribution < 1.29 is 32.1 Å². The van der Waals surface area contributed by atoms with Gasteiger partial charge in [-0.3, -0.25) is 4.79 Å². The van der Waals surface area contributed by atoms with Gasteiger partial charge < -0.3 is 24.6 Å². The van der Waals surface area contributed by atoms with E-state index in [1.807, 2.05) is 6.92 Å². The predicted molar refractivity (Wildman–Crippen MR) is 161 cm³/mol. The number of amides is 2. The second kappa shape index (κ2) is 11.3. The van der Waals surface area contributed by atoms with Crippen molar-refractivity contribution in [2.24, 2.45) is 9.78 Å². The maximum absolute atomic E-state index is 14.2. The van der Waals surface area contributed by atoms with E-state index in [4.69, 9.17) is 9.47 Å². The largest absolute Gasteiger partial charge is 0.442 e. The molecule has 10 nitrogen and oxygen atoms in total. The summed E-state index contributed by atoms with van der Waals surface area (Å²) < 4.78 is 56.2. The highest BCUT2D eigenvalue weighted by atomic mass is 32.2. The molecule has 0 unspecified atom stereocenters. The van der Waals surface area contributed by atoms with Gasteiger partial charge in [-0.05, 0) is 57.9 Å². The first-order valence-corrected chi connectivity index (χ1v) is 16.3. The summed E-state index contributed by atoms with van der Waals surface area (Å²) in [7, 11) is -3.18. The van der Waals surface area contributed by atoms with Crippen LogP contribution in [0.15, 0.2) is 39.7 Å². The minimum absolute atomic E-state index is 0.0722. The van der Waals surface area contributed by atoms with Crippen molar-refractivity contribution in [3.63, 3.8) is 0 Å². The van der Waals surface area contributed by atoms with Gasteiger partial charge in [0.2, 0.25) is 5.92 Å². The number of pyridine rings is 1. The highest BCUT2D eigenvalue weighted by molar-refractivity contribution is 7.93. The lowest BCUT2D eigenvalue weighted by molar-refractivity contribution is -0.127. The number of nitrogens with zero attached hydrogens (tertiary/aromatic N) is 4. The third kappa shape index (κ3) is 6.93. The molecule has 4 heterocycles. The van der Waals surface area contributed by atoms with Crippen molar-refractivity contribution in [3.05, 3.63) is 41.6 Å². The number of rotatable bonds is 5. The lowest BCUT2D eigenvalue weighted by Crippen LogP contribution is -2.66. The first-order valence-electron chi connectivity index (χ1n) is 14.4. The smallest absolute Gasteiger partial charge is 0.442 e. The predicted octanol–water partition coefficient (Wildman–Crippen LogP) is 5.50. The van der Waals surface area contributed by atoms with Gasteiger partial charge in [0, 0.05) is 55.9 Å². The molecule has 0 saturated carbocycles. The highest BCUT2D eigenvalue weighted by Gasteiger charge is 2.49. The standard InChI is InChI=1S/C30H39F2N5O5S/c1-20-23(37-16-29(17-37)18-41-19-29)15-33-25(36-12-7-10-30(31,32)11-13-36)24(20)26(38)34-21-8-6-9-22(14-21)43(5,40)35-27(39)42-28(2,3)4/h6,8-9,14-15H,7,10-13,16-19H2,1-5H3,(H,34,38)/t43-/m0/s1. The summed E-state index contributed by atoms with van der Waals surface area (Å²) in [5, 5.41) is 2.88. The maximum Gasteiger partial charge on any atom is 0.442 e. The summed E-state index contributed by atoms with van der Waals surface area (Å²) in [6.07, 6.45) is 1.86. The molecular formula is C30H39F2N5O5S. The molecule has 1 aromatic carbocycles. The Morgan fingerprint density at radius 2 is 1.86 bits per heavy atom. The molecule has 43 heavy (non-hydrogen) atoms. The highest BCUT2D eigenvalue weighted by Crippen LogP contribution is 2.42. The lowest BCUT2D eigenvalue weighted by Gasteiger charge is -2.56. The molecule has 3 aliphatic rings. The Labute approximate surface area is 251 Å². The van der Waals surface area contributed by atoms with E-state index in [1.54, 1.807) is 50.1 Å². The van der Waals surface area contributed by atoms with Crippen molar-refractivity contribution in [3.8, 4) is 0 Å². The number of hydrogen-bond acceptors (Lipinski definition) is 8. The quantitative estimate of drug-likeness (QED) is 0.467. The fourth-order valence-corrected chi connectivity index (χ4v) is 6.78. The number of anilines is 3. The molecule has 234 valence electrons.